The van der Waals surface area contributed by atoms with Gasteiger partial charge in [-0.25, -0.2) is 4.79 Å². The first kappa shape index (κ1) is 24.3. The fraction of sp³-hybridized carbons (Fsp3) is 0.400. The summed E-state index contributed by atoms with van der Waals surface area (Å²) in [6.45, 7) is 1.94. The fourth-order valence-electron chi connectivity index (χ4n) is 4.03. The molecule has 0 spiro atoms. The molecule has 1 aliphatic rings. The average Bonchev–Trinajstić information content (AvgIpc) is 3.13. The maximum atomic E-state index is 12.4. The van der Waals surface area contributed by atoms with Crippen molar-refractivity contribution in [3.05, 3.63) is 59.7 Å². The summed E-state index contributed by atoms with van der Waals surface area (Å²) in [4.78, 5) is 37.0. The Kier molecular flexibility index (Phi) is 8.06. The molecule has 3 rings (SSSR count). The Labute approximate surface area is 193 Å². The Morgan fingerprint density at radius 3 is 2.18 bits per heavy atom. The second kappa shape index (κ2) is 11.0. The Bertz CT molecular complexity index is 962. The number of hydrogen-bond donors (Lipinski definition) is 2. The van der Waals surface area contributed by atoms with Gasteiger partial charge in [0.25, 0.3) is 0 Å². The van der Waals surface area contributed by atoms with Gasteiger partial charge in [0.2, 0.25) is 5.91 Å². The molecule has 33 heavy (non-hydrogen) atoms. The van der Waals surface area contributed by atoms with E-state index in [1.807, 2.05) is 24.3 Å². The number of carbonyl (C=O) groups excluding carboxylic acids is 2. The van der Waals surface area contributed by atoms with Gasteiger partial charge in [-0.15, -0.1) is 0 Å². The molecule has 2 unspecified atom stereocenters. The second-order valence-corrected chi connectivity index (χ2v) is 8.28. The number of carboxylic acids is 1. The van der Waals surface area contributed by atoms with Crippen LogP contribution in [0, 0.1) is 5.92 Å². The summed E-state index contributed by atoms with van der Waals surface area (Å²) in [7, 11) is 3.00. The molecule has 2 N–H and O–H groups in total. The highest BCUT2D eigenvalue weighted by Crippen LogP contribution is 2.44. The standard InChI is InChI=1S/C25H30N2O6/c1-16(24(29)30)14-27(2)23(28)12-17(32-3)13-26-25(31)33-15-22-20-10-6-4-8-18(20)19-9-5-7-11-21(19)22/h4-11,16-17,22H,12-15H2,1-3H3,(H,26,31)(H,29,30). The van der Waals surface area contributed by atoms with Crippen LogP contribution in [0.3, 0.4) is 0 Å². The van der Waals surface area contributed by atoms with Crippen LogP contribution in [0.25, 0.3) is 11.1 Å². The van der Waals surface area contributed by atoms with Gasteiger partial charge >= 0.3 is 12.1 Å². The molecule has 0 aromatic heterocycles. The Morgan fingerprint density at radius 1 is 1.06 bits per heavy atom. The molecule has 0 saturated heterocycles. The van der Waals surface area contributed by atoms with E-state index in [1.165, 1.54) is 12.0 Å². The Morgan fingerprint density at radius 2 is 1.64 bits per heavy atom. The third-order valence-electron chi connectivity index (χ3n) is 5.95. The van der Waals surface area contributed by atoms with E-state index in [4.69, 9.17) is 14.6 Å². The predicted molar refractivity (Wildman–Crippen MR) is 123 cm³/mol. The third-order valence-corrected chi connectivity index (χ3v) is 5.95. The van der Waals surface area contributed by atoms with E-state index in [9.17, 15) is 14.4 Å². The zero-order chi connectivity index (χ0) is 24.0. The van der Waals surface area contributed by atoms with E-state index in [0.29, 0.717) is 0 Å². The number of amides is 2. The lowest BCUT2D eigenvalue weighted by atomic mass is 9.98. The molecule has 8 nitrogen and oxygen atoms in total. The highest BCUT2D eigenvalue weighted by Gasteiger charge is 2.29. The van der Waals surface area contributed by atoms with Gasteiger partial charge in [-0.3, -0.25) is 9.59 Å². The molecular weight excluding hydrogens is 424 g/mol. The van der Waals surface area contributed by atoms with Gasteiger partial charge in [0.1, 0.15) is 6.61 Å². The summed E-state index contributed by atoms with van der Waals surface area (Å²) in [5.74, 6) is -1.93. The van der Waals surface area contributed by atoms with Crippen molar-refractivity contribution >= 4 is 18.0 Å². The number of nitrogens with one attached hydrogen (secondary N) is 1. The molecule has 8 heteroatoms. The number of alkyl carbamates (subject to hydrolysis) is 1. The lowest BCUT2D eigenvalue weighted by Gasteiger charge is -2.22. The number of benzene rings is 2. The van der Waals surface area contributed by atoms with Crippen LogP contribution in [-0.2, 0) is 19.1 Å². The summed E-state index contributed by atoms with van der Waals surface area (Å²) in [6, 6.07) is 16.2. The molecule has 1 aliphatic carbocycles. The van der Waals surface area contributed by atoms with Crippen LogP contribution in [0.1, 0.15) is 30.4 Å². The number of carbonyl (C=O) groups is 3. The number of hydrogen-bond acceptors (Lipinski definition) is 5. The van der Waals surface area contributed by atoms with Crippen LogP contribution in [0.15, 0.2) is 48.5 Å². The number of ether oxygens (including phenoxy) is 2. The number of rotatable bonds is 10. The molecule has 2 atom stereocenters. The number of aliphatic carboxylic acids is 1. The van der Waals surface area contributed by atoms with Crippen LogP contribution in [0.5, 0.6) is 0 Å². The maximum absolute atomic E-state index is 12.4. The van der Waals surface area contributed by atoms with Crippen LogP contribution in [-0.4, -0.2) is 67.9 Å². The van der Waals surface area contributed by atoms with Crippen LogP contribution in [0.2, 0.25) is 0 Å². The smallest absolute Gasteiger partial charge is 0.407 e. The number of methoxy groups -OCH3 is 1. The molecule has 0 saturated carbocycles. The molecule has 0 radical (unpaired) electrons. The highest BCUT2D eigenvalue weighted by molar-refractivity contribution is 5.79. The quantitative estimate of drug-likeness (QED) is 0.572. The molecule has 2 aromatic rings. The van der Waals surface area contributed by atoms with Gasteiger partial charge in [0.15, 0.2) is 0 Å². The van der Waals surface area contributed by atoms with Crippen molar-refractivity contribution in [2.45, 2.75) is 25.4 Å². The van der Waals surface area contributed by atoms with Crippen molar-refractivity contribution in [1.82, 2.24) is 10.2 Å². The van der Waals surface area contributed by atoms with E-state index >= 15 is 0 Å². The van der Waals surface area contributed by atoms with Gasteiger partial charge in [-0.2, -0.15) is 0 Å². The minimum Gasteiger partial charge on any atom is -0.481 e. The first-order valence-electron chi connectivity index (χ1n) is 10.9. The third kappa shape index (κ3) is 5.90. The minimum absolute atomic E-state index is 0.0169. The SMILES string of the molecule is COC(CNC(=O)OCC1c2ccccc2-c2ccccc21)CC(=O)N(C)CC(C)C(=O)O. The summed E-state index contributed by atoms with van der Waals surface area (Å²) in [6.07, 6.45) is -1.12. The maximum Gasteiger partial charge on any atom is 0.407 e. The molecule has 2 aromatic carbocycles. The number of carboxylic acid groups (broad SMARTS) is 1. The van der Waals surface area contributed by atoms with Crippen molar-refractivity contribution in [2.24, 2.45) is 5.92 Å². The van der Waals surface area contributed by atoms with Crippen LogP contribution >= 0.6 is 0 Å². The average molecular weight is 455 g/mol. The van der Waals surface area contributed by atoms with Gasteiger partial charge in [0, 0.05) is 33.2 Å². The van der Waals surface area contributed by atoms with Gasteiger partial charge in [-0.1, -0.05) is 55.5 Å². The van der Waals surface area contributed by atoms with Crippen LogP contribution < -0.4 is 5.32 Å². The fourth-order valence-corrected chi connectivity index (χ4v) is 4.03. The zero-order valence-electron chi connectivity index (χ0n) is 19.1. The van der Waals surface area contributed by atoms with Gasteiger partial charge < -0.3 is 24.8 Å². The van der Waals surface area contributed by atoms with E-state index in [2.05, 4.69) is 29.6 Å². The number of nitrogens with zero attached hydrogens (tertiary/aromatic N) is 1. The normalized spacial score (nSPS) is 14.0. The zero-order valence-corrected chi connectivity index (χ0v) is 19.1. The topological polar surface area (TPSA) is 105 Å². The lowest BCUT2D eigenvalue weighted by molar-refractivity contribution is -0.143. The first-order valence-corrected chi connectivity index (χ1v) is 10.9. The van der Waals surface area contributed by atoms with E-state index < -0.39 is 24.1 Å². The van der Waals surface area contributed by atoms with Crippen molar-refractivity contribution in [1.29, 1.82) is 0 Å². The van der Waals surface area contributed by atoms with Gasteiger partial charge in [-0.05, 0) is 22.3 Å². The lowest BCUT2D eigenvalue weighted by Crippen LogP contribution is -2.39. The largest absolute Gasteiger partial charge is 0.481 e. The molecule has 176 valence electrons. The summed E-state index contributed by atoms with van der Waals surface area (Å²) >= 11 is 0. The van der Waals surface area contributed by atoms with E-state index in [0.717, 1.165) is 22.3 Å². The number of fused-ring (bicyclic) bond motifs is 3. The molecular formula is C25H30N2O6. The van der Waals surface area contributed by atoms with Crippen molar-refractivity contribution in [3.8, 4) is 11.1 Å². The predicted octanol–water partition coefficient (Wildman–Crippen LogP) is 3.11. The monoisotopic (exact) mass is 454 g/mol. The van der Waals surface area contributed by atoms with Crippen molar-refractivity contribution in [2.75, 3.05) is 33.9 Å². The summed E-state index contributed by atoms with van der Waals surface area (Å²) < 4.78 is 10.8. The van der Waals surface area contributed by atoms with Crippen molar-refractivity contribution in [3.63, 3.8) is 0 Å². The molecule has 0 heterocycles. The second-order valence-electron chi connectivity index (χ2n) is 8.28. The van der Waals surface area contributed by atoms with E-state index in [1.54, 1.807) is 14.0 Å². The molecule has 0 aliphatic heterocycles. The Hall–Kier alpha value is -3.39. The Balaban J connectivity index is 1.50. The first-order chi connectivity index (χ1) is 15.8. The minimum atomic E-state index is -0.963. The molecule has 0 bridgehead atoms. The van der Waals surface area contributed by atoms with Gasteiger partial charge in [0.05, 0.1) is 18.4 Å². The van der Waals surface area contributed by atoms with Crippen LogP contribution in [0.4, 0.5) is 4.79 Å². The molecule has 2 amide bonds. The highest BCUT2D eigenvalue weighted by atomic mass is 16.5. The molecule has 0 fully saturated rings. The summed E-state index contributed by atoms with van der Waals surface area (Å²) in [5.41, 5.74) is 4.57. The van der Waals surface area contributed by atoms with E-state index in [-0.39, 0.29) is 37.9 Å². The summed E-state index contributed by atoms with van der Waals surface area (Å²) in [5, 5.41) is 11.7. The van der Waals surface area contributed by atoms with Crippen molar-refractivity contribution < 1.29 is 29.0 Å².